The smallest absolute Gasteiger partial charge is 0.335 e. The molecule has 0 saturated carbocycles. The summed E-state index contributed by atoms with van der Waals surface area (Å²) in [6.07, 6.45) is 0.588. The Kier molecular flexibility index (Phi) is 5.91. The third kappa shape index (κ3) is 4.35. The van der Waals surface area contributed by atoms with Crippen molar-refractivity contribution < 1.29 is 24.4 Å². The third-order valence-electron chi connectivity index (χ3n) is 4.21. The van der Waals surface area contributed by atoms with E-state index in [1.807, 2.05) is 13.8 Å². The SMILES string of the molecule is CC(C)C(=O)N1CCCN(C(=O)c2cc(C(=O)O)cc([N+](=O)[O-])c2)CC1. The van der Waals surface area contributed by atoms with Crippen LogP contribution < -0.4 is 0 Å². The molecular weight excluding hydrogens is 342 g/mol. The Labute approximate surface area is 150 Å². The molecule has 9 nitrogen and oxygen atoms in total. The van der Waals surface area contributed by atoms with Crippen LogP contribution in [0.15, 0.2) is 18.2 Å². The van der Waals surface area contributed by atoms with Crippen molar-refractivity contribution in [2.45, 2.75) is 20.3 Å². The van der Waals surface area contributed by atoms with E-state index in [4.69, 9.17) is 5.11 Å². The number of nitro benzene ring substituents is 1. The topological polar surface area (TPSA) is 121 Å². The maximum atomic E-state index is 12.7. The number of amides is 2. The number of benzene rings is 1. The molecule has 140 valence electrons. The van der Waals surface area contributed by atoms with Crippen LogP contribution >= 0.6 is 0 Å². The predicted octanol–water partition coefficient (Wildman–Crippen LogP) is 1.62. The summed E-state index contributed by atoms with van der Waals surface area (Å²) in [6.45, 7) is 5.23. The Morgan fingerprint density at radius 2 is 1.62 bits per heavy atom. The molecule has 1 heterocycles. The van der Waals surface area contributed by atoms with Gasteiger partial charge in [-0.15, -0.1) is 0 Å². The van der Waals surface area contributed by atoms with E-state index < -0.39 is 22.5 Å². The number of nitrogens with zero attached hydrogens (tertiary/aromatic N) is 3. The molecule has 0 aromatic heterocycles. The van der Waals surface area contributed by atoms with Crippen molar-refractivity contribution >= 4 is 23.5 Å². The minimum absolute atomic E-state index is 0.0165. The number of hydrogen-bond acceptors (Lipinski definition) is 5. The van der Waals surface area contributed by atoms with E-state index in [0.717, 1.165) is 18.2 Å². The summed E-state index contributed by atoms with van der Waals surface area (Å²) in [5, 5.41) is 20.1. The van der Waals surface area contributed by atoms with Gasteiger partial charge in [0.15, 0.2) is 0 Å². The van der Waals surface area contributed by atoms with Crippen LogP contribution in [-0.4, -0.2) is 63.8 Å². The number of nitro groups is 1. The molecule has 2 amide bonds. The standard InChI is InChI=1S/C17H21N3O6/c1-11(2)15(21)18-4-3-5-19(7-6-18)16(22)12-8-13(17(23)24)10-14(9-12)20(25)26/h8-11H,3-7H2,1-2H3,(H,23,24). The van der Waals surface area contributed by atoms with Gasteiger partial charge in [0, 0.05) is 49.8 Å². The second kappa shape index (κ2) is 7.94. The fourth-order valence-corrected chi connectivity index (χ4v) is 2.85. The lowest BCUT2D eigenvalue weighted by Gasteiger charge is -2.23. The fraction of sp³-hybridized carbons (Fsp3) is 0.471. The highest BCUT2D eigenvalue weighted by Gasteiger charge is 2.26. The Morgan fingerprint density at radius 3 is 2.19 bits per heavy atom. The van der Waals surface area contributed by atoms with Crippen LogP contribution in [0.1, 0.15) is 41.0 Å². The Morgan fingerprint density at radius 1 is 1.04 bits per heavy atom. The summed E-state index contributed by atoms with van der Waals surface area (Å²) in [4.78, 5) is 49.5. The first-order chi connectivity index (χ1) is 12.2. The number of aromatic carboxylic acids is 1. The van der Waals surface area contributed by atoms with Crippen LogP contribution in [0.5, 0.6) is 0 Å². The van der Waals surface area contributed by atoms with Crippen molar-refractivity contribution in [3.8, 4) is 0 Å². The van der Waals surface area contributed by atoms with Gasteiger partial charge in [0.1, 0.15) is 0 Å². The fourth-order valence-electron chi connectivity index (χ4n) is 2.85. The maximum absolute atomic E-state index is 12.7. The number of carbonyl (C=O) groups excluding carboxylic acids is 2. The van der Waals surface area contributed by atoms with Crippen LogP contribution in [0, 0.1) is 16.0 Å². The number of carboxylic acid groups (broad SMARTS) is 1. The number of carbonyl (C=O) groups is 3. The average molecular weight is 363 g/mol. The van der Waals surface area contributed by atoms with Gasteiger partial charge in [-0.1, -0.05) is 13.8 Å². The zero-order valence-corrected chi connectivity index (χ0v) is 14.7. The van der Waals surface area contributed by atoms with Gasteiger partial charge < -0.3 is 14.9 Å². The number of rotatable bonds is 4. The van der Waals surface area contributed by atoms with Crippen LogP contribution in [-0.2, 0) is 4.79 Å². The molecule has 0 atom stereocenters. The van der Waals surface area contributed by atoms with E-state index in [9.17, 15) is 24.5 Å². The summed E-state index contributed by atoms with van der Waals surface area (Å²) >= 11 is 0. The van der Waals surface area contributed by atoms with Gasteiger partial charge in [-0.2, -0.15) is 0 Å². The zero-order chi connectivity index (χ0) is 19.4. The van der Waals surface area contributed by atoms with E-state index in [0.29, 0.717) is 32.6 Å². The van der Waals surface area contributed by atoms with Crippen molar-refractivity contribution in [2.24, 2.45) is 5.92 Å². The van der Waals surface area contributed by atoms with Crippen LogP contribution in [0.25, 0.3) is 0 Å². The molecule has 0 aliphatic carbocycles. The lowest BCUT2D eigenvalue weighted by atomic mass is 10.1. The molecule has 26 heavy (non-hydrogen) atoms. The molecule has 1 aliphatic heterocycles. The molecule has 1 aliphatic rings. The molecule has 1 fully saturated rings. The van der Waals surface area contributed by atoms with Crippen LogP contribution in [0.2, 0.25) is 0 Å². The monoisotopic (exact) mass is 363 g/mol. The number of non-ortho nitro benzene ring substituents is 1. The molecule has 1 aromatic carbocycles. The van der Waals surface area contributed by atoms with Crippen LogP contribution in [0.4, 0.5) is 5.69 Å². The maximum Gasteiger partial charge on any atom is 0.335 e. The summed E-state index contributed by atoms with van der Waals surface area (Å²) in [7, 11) is 0. The summed E-state index contributed by atoms with van der Waals surface area (Å²) in [5.74, 6) is -1.93. The first kappa shape index (κ1) is 19.4. The van der Waals surface area contributed by atoms with Gasteiger partial charge in [0.05, 0.1) is 10.5 Å². The van der Waals surface area contributed by atoms with Gasteiger partial charge in [0.2, 0.25) is 5.91 Å². The average Bonchev–Trinajstić information content (AvgIpc) is 2.85. The molecule has 2 rings (SSSR count). The van der Waals surface area contributed by atoms with Crippen molar-refractivity contribution in [1.82, 2.24) is 9.80 Å². The molecule has 0 unspecified atom stereocenters. The second-order valence-corrected chi connectivity index (χ2v) is 6.46. The Balaban J connectivity index is 2.22. The summed E-state index contributed by atoms with van der Waals surface area (Å²) in [6, 6.07) is 3.14. The molecule has 1 N–H and O–H groups in total. The quantitative estimate of drug-likeness (QED) is 0.641. The largest absolute Gasteiger partial charge is 0.478 e. The van der Waals surface area contributed by atoms with E-state index in [-0.39, 0.29) is 23.0 Å². The van der Waals surface area contributed by atoms with Crippen molar-refractivity contribution in [1.29, 1.82) is 0 Å². The molecule has 1 aromatic rings. The minimum Gasteiger partial charge on any atom is -0.478 e. The van der Waals surface area contributed by atoms with E-state index >= 15 is 0 Å². The van der Waals surface area contributed by atoms with E-state index in [1.54, 1.807) is 4.90 Å². The van der Waals surface area contributed by atoms with Crippen LogP contribution in [0.3, 0.4) is 0 Å². The lowest BCUT2D eigenvalue weighted by Crippen LogP contribution is -2.39. The van der Waals surface area contributed by atoms with E-state index in [2.05, 4.69) is 0 Å². The summed E-state index contributed by atoms with van der Waals surface area (Å²) < 4.78 is 0. The predicted molar refractivity (Wildman–Crippen MR) is 92.0 cm³/mol. The Hall–Kier alpha value is -2.97. The Bertz CT molecular complexity index is 714. The summed E-state index contributed by atoms with van der Waals surface area (Å²) in [5.41, 5.74) is -0.797. The highest BCUT2D eigenvalue weighted by atomic mass is 16.6. The first-order valence-electron chi connectivity index (χ1n) is 8.31. The molecule has 1 saturated heterocycles. The third-order valence-corrected chi connectivity index (χ3v) is 4.21. The molecule has 0 radical (unpaired) electrons. The first-order valence-corrected chi connectivity index (χ1v) is 8.31. The van der Waals surface area contributed by atoms with Gasteiger partial charge >= 0.3 is 5.97 Å². The molecule has 9 heteroatoms. The van der Waals surface area contributed by atoms with Crippen molar-refractivity contribution in [3.05, 3.63) is 39.4 Å². The lowest BCUT2D eigenvalue weighted by molar-refractivity contribution is -0.384. The van der Waals surface area contributed by atoms with Gasteiger partial charge in [0.25, 0.3) is 11.6 Å². The highest BCUT2D eigenvalue weighted by molar-refractivity contribution is 5.98. The van der Waals surface area contributed by atoms with Gasteiger partial charge in [-0.25, -0.2) is 4.79 Å². The molecule has 0 bridgehead atoms. The second-order valence-electron chi connectivity index (χ2n) is 6.46. The van der Waals surface area contributed by atoms with Crippen molar-refractivity contribution in [3.63, 3.8) is 0 Å². The number of carboxylic acids is 1. The molecule has 0 spiro atoms. The molecular formula is C17H21N3O6. The highest BCUT2D eigenvalue weighted by Crippen LogP contribution is 2.20. The van der Waals surface area contributed by atoms with Crippen molar-refractivity contribution in [2.75, 3.05) is 26.2 Å². The zero-order valence-electron chi connectivity index (χ0n) is 14.7. The normalized spacial score (nSPS) is 14.9. The van der Waals surface area contributed by atoms with Gasteiger partial charge in [-0.3, -0.25) is 19.7 Å². The minimum atomic E-state index is -1.34. The van der Waals surface area contributed by atoms with Gasteiger partial charge in [-0.05, 0) is 12.5 Å². The number of hydrogen-bond donors (Lipinski definition) is 1. The van der Waals surface area contributed by atoms with E-state index in [1.165, 1.54) is 4.90 Å².